The summed E-state index contributed by atoms with van der Waals surface area (Å²) >= 11 is 0. The molecule has 0 aliphatic carbocycles. The average Bonchev–Trinajstić information content (AvgIpc) is 2.43. The van der Waals surface area contributed by atoms with Crippen molar-refractivity contribution in [1.82, 2.24) is 10.0 Å². The summed E-state index contributed by atoms with van der Waals surface area (Å²) in [6, 6.07) is 4.87. The second kappa shape index (κ2) is 6.23. The number of nitrogens with one attached hydrogen (secondary N) is 2. The highest BCUT2D eigenvalue weighted by Crippen LogP contribution is 2.27. The maximum atomic E-state index is 12.1. The van der Waals surface area contributed by atoms with E-state index in [-0.39, 0.29) is 23.9 Å². The van der Waals surface area contributed by atoms with E-state index in [1.54, 1.807) is 12.1 Å². The van der Waals surface area contributed by atoms with Gasteiger partial charge in [0.05, 0.1) is 11.5 Å². The maximum Gasteiger partial charge on any atom is 0.240 e. The Morgan fingerprint density at radius 1 is 1.35 bits per heavy atom. The highest BCUT2D eigenvalue weighted by Gasteiger charge is 2.17. The van der Waals surface area contributed by atoms with Crippen LogP contribution in [-0.4, -0.2) is 34.0 Å². The number of aryl methyl sites for hydroxylation is 1. The van der Waals surface area contributed by atoms with Crippen molar-refractivity contribution < 1.29 is 17.9 Å². The van der Waals surface area contributed by atoms with Gasteiger partial charge in [-0.3, -0.25) is 4.79 Å². The van der Waals surface area contributed by atoms with Crippen LogP contribution in [0.5, 0.6) is 5.75 Å². The summed E-state index contributed by atoms with van der Waals surface area (Å²) in [5.74, 6) is 0.573. The lowest BCUT2D eigenvalue weighted by atomic mass is 10.1. The first-order valence-electron chi connectivity index (χ1n) is 6.49. The summed E-state index contributed by atoms with van der Waals surface area (Å²) in [6.45, 7) is 2.49. The van der Waals surface area contributed by atoms with Crippen molar-refractivity contribution in [1.29, 1.82) is 0 Å². The molecule has 6 nitrogen and oxygen atoms in total. The van der Waals surface area contributed by atoms with Crippen molar-refractivity contribution in [2.24, 2.45) is 0 Å². The Morgan fingerprint density at radius 2 is 2.15 bits per heavy atom. The number of carbonyl (C=O) groups excluding carboxylic acids is 1. The molecule has 0 bridgehead atoms. The van der Waals surface area contributed by atoms with Crippen molar-refractivity contribution in [3.8, 4) is 5.75 Å². The van der Waals surface area contributed by atoms with Gasteiger partial charge in [0.25, 0.3) is 0 Å². The Bertz CT molecular complexity index is 598. The second-order valence-electron chi connectivity index (χ2n) is 4.60. The highest BCUT2D eigenvalue weighted by molar-refractivity contribution is 7.89. The molecular weight excluding hydrogens is 280 g/mol. The minimum absolute atomic E-state index is 0.162. The van der Waals surface area contributed by atoms with Gasteiger partial charge in [-0.25, -0.2) is 13.1 Å². The van der Waals surface area contributed by atoms with Crippen LogP contribution in [0.15, 0.2) is 23.1 Å². The van der Waals surface area contributed by atoms with Crippen molar-refractivity contribution >= 4 is 15.9 Å². The van der Waals surface area contributed by atoms with E-state index in [1.807, 2.05) is 0 Å². The smallest absolute Gasteiger partial charge is 0.240 e. The van der Waals surface area contributed by atoms with Crippen LogP contribution >= 0.6 is 0 Å². The Labute approximate surface area is 118 Å². The predicted molar refractivity (Wildman–Crippen MR) is 74.1 cm³/mol. The van der Waals surface area contributed by atoms with E-state index in [2.05, 4.69) is 10.0 Å². The fourth-order valence-electron chi connectivity index (χ4n) is 2.01. The van der Waals surface area contributed by atoms with E-state index >= 15 is 0 Å². The molecule has 0 saturated heterocycles. The largest absolute Gasteiger partial charge is 0.493 e. The fourth-order valence-corrected chi connectivity index (χ4v) is 3.09. The monoisotopic (exact) mass is 298 g/mol. The van der Waals surface area contributed by atoms with Gasteiger partial charge in [0.2, 0.25) is 15.9 Å². The van der Waals surface area contributed by atoms with E-state index in [0.29, 0.717) is 6.61 Å². The first-order chi connectivity index (χ1) is 9.49. The molecule has 1 amide bonds. The number of fused-ring (bicyclic) bond motifs is 1. The van der Waals surface area contributed by atoms with Gasteiger partial charge in [-0.15, -0.1) is 0 Å². The number of hydrogen-bond acceptors (Lipinski definition) is 4. The molecule has 1 aliphatic rings. The Kier molecular flexibility index (Phi) is 4.61. The summed E-state index contributed by atoms with van der Waals surface area (Å²) in [7, 11) is -3.55. The molecule has 110 valence electrons. The summed E-state index contributed by atoms with van der Waals surface area (Å²) in [4.78, 5) is 10.9. The minimum atomic E-state index is -3.55. The van der Waals surface area contributed by atoms with Gasteiger partial charge in [-0.2, -0.15) is 0 Å². The SMILES string of the molecule is CC(=O)NCCNS(=O)(=O)c1ccc2c(c1)CCCO2. The lowest BCUT2D eigenvalue weighted by Gasteiger charge is -2.18. The topological polar surface area (TPSA) is 84.5 Å². The summed E-state index contributed by atoms with van der Waals surface area (Å²) in [5.41, 5.74) is 0.918. The van der Waals surface area contributed by atoms with Gasteiger partial charge in [0, 0.05) is 20.0 Å². The zero-order valence-corrected chi connectivity index (χ0v) is 12.1. The molecule has 0 atom stereocenters. The van der Waals surface area contributed by atoms with Gasteiger partial charge in [0.15, 0.2) is 0 Å². The maximum absolute atomic E-state index is 12.1. The molecule has 1 aromatic rings. The molecule has 2 N–H and O–H groups in total. The summed E-state index contributed by atoms with van der Waals surface area (Å²) in [6.07, 6.45) is 1.72. The van der Waals surface area contributed by atoms with Crippen LogP contribution in [-0.2, 0) is 21.2 Å². The van der Waals surface area contributed by atoms with Gasteiger partial charge >= 0.3 is 0 Å². The first kappa shape index (κ1) is 14.8. The van der Waals surface area contributed by atoms with Crippen molar-refractivity contribution in [3.05, 3.63) is 23.8 Å². The minimum Gasteiger partial charge on any atom is -0.493 e. The number of sulfonamides is 1. The molecule has 7 heteroatoms. The van der Waals surface area contributed by atoms with Gasteiger partial charge in [0.1, 0.15) is 5.75 Å². The lowest BCUT2D eigenvalue weighted by Crippen LogP contribution is -2.33. The van der Waals surface area contributed by atoms with Crippen molar-refractivity contribution in [2.45, 2.75) is 24.7 Å². The number of hydrogen-bond donors (Lipinski definition) is 2. The van der Waals surface area contributed by atoms with E-state index < -0.39 is 10.0 Å². The van der Waals surface area contributed by atoms with Crippen LogP contribution < -0.4 is 14.8 Å². The molecule has 0 fully saturated rings. The molecule has 20 heavy (non-hydrogen) atoms. The van der Waals surface area contributed by atoms with Crippen LogP contribution in [0.2, 0.25) is 0 Å². The summed E-state index contributed by atoms with van der Waals surface area (Å²) in [5, 5.41) is 2.53. The molecule has 1 aromatic carbocycles. The number of carbonyl (C=O) groups is 1. The fraction of sp³-hybridized carbons (Fsp3) is 0.462. The molecule has 0 saturated carbocycles. The number of amides is 1. The number of ether oxygens (including phenoxy) is 1. The van der Waals surface area contributed by atoms with Gasteiger partial charge in [-0.1, -0.05) is 0 Å². The van der Waals surface area contributed by atoms with E-state index in [1.165, 1.54) is 13.0 Å². The highest BCUT2D eigenvalue weighted by atomic mass is 32.2. The zero-order valence-electron chi connectivity index (χ0n) is 11.3. The predicted octanol–water partition coefficient (Wildman–Crippen LogP) is 0.426. The van der Waals surface area contributed by atoms with Gasteiger partial charge in [-0.05, 0) is 36.6 Å². The Morgan fingerprint density at radius 3 is 2.90 bits per heavy atom. The second-order valence-corrected chi connectivity index (χ2v) is 6.37. The van der Waals surface area contributed by atoms with Crippen LogP contribution in [0.25, 0.3) is 0 Å². The molecule has 0 radical (unpaired) electrons. The molecule has 0 spiro atoms. The quantitative estimate of drug-likeness (QED) is 0.772. The van der Waals surface area contributed by atoms with Crippen molar-refractivity contribution in [3.63, 3.8) is 0 Å². The average molecular weight is 298 g/mol. The molecule has 1 aliphatic heterocycles. The third-order valence-corrected chi connectivity index (χ3v) is 4.44. The van der Waals surface area contributed by atoms with Crippen molar-refractivity contribution in [2.75, 3.05) is 19.7 Å². The molecule has 2 rings (SSSR count). The van der Waals surface area contributed by atoms with Crippen LogP contribution in [0.1, 0.15) is 18.9 Å². The first-order valence-corrected chi connectivity index (χ1v) is 7.97. The Hall–Kier alpha value is -1.60. The molecular formula is C13H18N2O4S. The number of rotatable bonds is 5. The van der Waals surface area contributed by atoms with E-state index in [9.17, 15) is 13.2 Å². The lowest BCUT2D eigenvalue weighted by molar-refractivity contribution is -0.118. The molecule has 0 unspecified atom stereocenters. The van der Waals surface area contributed by atoms with Crippen LogP contribution in [0.3, 0.4) is 0 Å². The van der Waals surface area contributed by atoms with Gasteiger partial charge < -0.3 is 10.1 Å². The van der Waals surface area contributed by atoms with E-state index in [4.69, 9.17) is 4.74 Å². The van der Waals surface area contributed by atoms with Crippen LogP contribution in [0, 0.1) is 0 Å². The normalized spacial score (nSPS) is 14.2. The third kappa shape index (κ3) is 3.71. The van der Waals surface area contributed by atoms with Crippen LogP contribution in [0.4, 0.5) is 0 Å². The Balaban J connectivity index is 2.03. The van der Waals surface area contributed by atoms with E-state index in [0.717, 1.165) is 24.2 Å². The number of benzene rings is 1. The molecule has 1 heterocycles. The zero-order chi connectivity index (χ0) is 14.6. The third-order valence-electron chi connectivity index (χ3n) is 2.98. The molecule has 0 aromatic heterocycles. The summed E-state index contributed by atoms with van der Waals surface area (Å²) < 4.78 is 32.1. The standard InChI is InChI=1S/C13H18N2O4S/c1-10(16)14-6-7-15-20(17,18)12-4-5-13-11(9-12)3-2-8-19-13/h4-5,9,15H,2-3,6-8H2,1H3,(H,14,16).